The summed E-state index contributed by atoms with van der Waals surface area (Å²) in [5.74, 6) is -0.179. The molecule has 0 fully saturated rings. The van der Waals surface area contributed by atoms with Crippen LogP contribution in [0.1, 0.15) is 11.1 Å². The van der Waals surface area contributed by atoms with E-state index in [1.165, 1.54) is 11.6 Å². The van der Waals surface area contributed by atoms with E-state index >= 15 is 0 Å². The lowest BCUT2D eigenvalue weighted by Crippen LogP contribution is -2.19. The number of halogens is 2. The summed E-state index contributed by atoms with van der Waals surface area (Å²) < 4.78 is 15.0. The first-order valence-corrected chi connectivity index (χ1v) is 7.70. The van der Waals surface area contributed by atoms with E-state index < -0.39 is 0 Å². The largest absolute Gasteiger partial charge is 0.370 e. The van der Waals surface area contributed by atoms with Crippen LogP contribution in [-0.2, 0) is 13.0 Å². The van der Waals surface area contributed by atoms with Crippen LogP contribution in [0.5, 0.6) is 0 Å². The molecule has 0 saturated heterocycles. The van der Waals surface area contributed by atoms with Crippen molar-refractivity contribution in [1.82, 2.24) is 0 Å². The Morgan fingerprint density at radius 1 is 1.42 bits per heavy atom. The van der Waals surface area contributed by atoms with Gasteiger partial charge in [-0.15, -0.1) is 11.3 Å². The summed E-state index contributed by atoms with van der Waals surface area (Å²) in [6.07, 6.45) is 0.555. The number of nitrogens with two attached hydrogens (primary N) is 1. The van der Waals surface area contributed by atoms with Gasteiger partial charge in [0.1, 0.15) is 5.82 Å². The number of anilines is 1. The van der Waals surface area contributed by atoms with E-state index in [1.807, 2.05) is 13.1 Å². The smallest absolute Gasteiger partial charge is 0.128 e. The summed E-state index contributed by atoms with van der Waals surface area (Å²) in [4.78, 5) is 2.06. The highest BCUT2D eigenvalue weighted by Crippen LogP contribution is 2.26. The van der Waals surface area contributed by atoms with E-state index in [9.17, 15) is 4.39 Å². The first-order valence-electron chi connectivity index (χ1n) is 6.03. The predicted octanol–water partition coefficient (Wildman–Crippen LogP) is 3.79. The van der Waals surface area contributed by atoms with Gasteiger partial charge in [0.2, 0.25) is 0 Å². The van der Waals surface area contributed by atoms with Gasteiger partial charge in [-0.1, -0.05) is 6.07 Å². The van der Waals surface area contributed by atoms with Gasteiger partial charge in [0.25, 0.3) is 0 Å². The van der Waals surface area contributed by atoms with Crippen molar-refractivity contribution in [3.05, 3.63) is 50.4 Å². The zero-order chi connectivity index (χ0) is 13.8. The maximum absolute atomic E-state index is 13.9. The van der Waals surface area contributed by atoms with Gasteiger partial charge in [0.05, 0.1) is 3.79 Å². The molecule has 1 aromatic heterocycles. The second-order valence-corrected chi connectivity index (χ2v) is 6.68. The fraction of sp³-hybridized carbons (Fsp3) is 0.286. The summed E-state index contributed by atoms with van der Waals surface area (Å²) in [7, 11) is 1.97. The quantitative estimate of drug-likeness (QED) is 0.895. The van der Waals surface area contributed by atoms with Crippen LogP contribution in [0, 0.1) is 5.82 Å². The predicted molar refractivity (Wildman–Crippen MR) is 83.3 cm³/mol. The molecule has 0 saturated carbocycles. The van der Waals surface area contributed by atoms with Gasteiger partial charge in [-0.05, 0) is 58.0 Å². The molecule has 0 aliphatic carbocycles. The van der Waals surface area contributed by atoms with Crippen molar-refractivity contribution in [2.24, 2.45) is 5.73 Å². The third-order valence-corrected chi connectivity index (χ3v) is 4.49. The van der Waals surface area contributed by atoms with Crippen LogP contribution >= 0.6 is 27.3 Å². The van der Waals surface area contributed by atoms with Gasteiger partial charge < -0.3 is 10.6 Å². The van der Waals surface area contributed by atoms with Crippen LogP contribution in [0.4, 0.5) is 10.1 Å². The summed E-state index contributed by atoms with van der Waals surface area (Å²) in [5.41, 5.74) is 8.38. The highest BCUT2D eigenvalue weighted by atomic mass is 79.9. The molecule has 0 atom stereocenters. The zero-order valence-corrected chi connectivity index (χ0v) is 13.1. The lowest BCUT2D eigenvalue weighted by atomic mass is 10.1. The summed E-state index contributed by atoms with van der Waals surface area (Å²) in [5, 5.41) is 2.10. The maximum atomic E-state index is 13.9. The topological polar surface area (TPSA) is 29.3 Å². The molecule has 1 heterocycles. The van der Waals surface area contributed by atoms with Crippen LogP contribution in [0.15, 0.2) is 33.4 Å². The first-order chi connectivity index (χ1) is 9.11. The molecule has 0 amide bonds. The Kier molecular flexibility index (Phi) is 4.96. The van der Waals surface area contributed by atoms with Gasteiger partial charge in [0.15, 0.2) is 0 Å². The normalized spacial score (nSPS) is 10.7. The Hall–Kier alpha value is -0.910. The fourth-order valence-corrected chi connectivity index (χ4v) is 3.28. The number of thiophene rings is 1. The van der Waals surface area contributed by atoms with E-state index in [2.05, 4.69) is 32.3 Å². The van der Waals surface area contributed by atoms with Crippen LogP contribution in [0.25, 0.3) is 0 Å². The monoisotopic (exact) mass is 342 g/mol. The van der Waals surface area contributed by atoms with Crippen molar-refractivity contribution >= 4 is 33.0 Å². The van der Waals surface area contributed by atoms with Crippen molar-refractivity contribution in [2.45, 2.75) is 13.0 Å². The van der Waals surface area contributed by atoms with Crippen molar-refractivity contribution in [3.63, 3.8) is 0 Å². The van der Waals surface area contributed by atoms with E-state index in [-0.39, 0.29) is 5.82 Å². The molecule has 102 valence electrons. The molecule has 0 spiro atoms. The van der Waals surface area contributed by atoms with Crippen LogP contribution in [-0.4, -0.2) is 13.6 Å². The fourth-order valence-electron chi connectivity index (χ4n) is 2.08. The summed E-state index contributed by atoms with van der Waals surface area (Å²) >= 11 is 5.11. The highest BCUT2D eigenvalue weighted by molar-refractivity contribution is 9.11. The molecule has 2 nitrogen and oxygen atoms in total. The lowest BCUT2D eigenvalue weighted by Gasteiger charge is -2.22. The van der Waals surface area contributed by atoms with Crippen molar-refractivity contribution in [3.8, 4) is 0 Å². The Balaban J connectivity index is 2.23. The minimum absolute atomic E-state index is 0.179. The van der Waals surface area contributed by atoms with Crippen molar-refractivity contribution in [1.29, 1.82) is 0 Å². The second kappa shape index (κ2) is 6.50. The molecular formula is C14H16BrFN2S. The third kappa shape index (κ3) is 3.55. The number of nitrogens with zero attached hydrogens (tertiary/aromatic N) is 1. The van der Waals surface area contributed by atoms with E-state index in [4.69, 9.17) is 5.73 Å². The van der Waals surface area contributed by atoms with Gasteiger partial charge in [-0.2, -0.15) is 0 Å². The first kappa shape index (κ1) is 14.5. The molecular weight excluding hydrogens is 327 g/mol. The Morgan fingerprint density at radius 2 is 2.21 bits per heavy atom. The maximum Gasteiger partial charge on any atom is 0.128 e. The van der Waals surface area contributed by atoms with E-state index in [1.54, 1.807) is 17.4 Å². The molecule has 2 rings (SSSR count). The average Bonchev–Trinajstić information content (AvgIpc) is 2.77. The van der Waals surface area contributed by atoms with E-state index in [0.717, 1.165) is 16.0 Å². The minimum atomic E-state index is -0.179. The van der Waals surface area contributed by atoms with Gasteiger partial charge in [0, 0.05) is 24.8 Å². The number of hydrogen-bond acceptors (Lipinski definition) is 3. The lowest BCUT2D eigenvalue weighted by molar-refractivity contribution is 0.608. The molecule has 2 aromatic rings. The van der Waals surface area contributed by atoms with Gasteiger partial charge >= 0.3 is 0 Å². The van der Waals surface area contributed by atoms with Gasteiger partial charge in [-0.3, -0.25) is 0 Å². The van der Waals surface area contributed by atoms with Crippen molar-refractivity contribution < 1.29 is 4.39 Å². The Bertz CT molecular complexity index is 556. The number of hydrogen-bond donors (Lipinski definition) is 1. The zero-order valence-electron chi connectivity index (χ0n) is 10.7. The minimum Gasteiger partial charge on any atom is -0.370 e. The third-order valence-electron chi connectivity index (χ3n) is 2.94. The molecule has 0 unspecified atom stereocenters. The highest BCUT2D eigenvalue weighted by Gasteiger charge is 2.12. The molecule has 5 heteroatoms. The average molecular weight is 343 g/mol. The van der Waals surface area contributed by atoms with Crippen LogP contribution < -0.4 is 10.6 Å². The SMILES string of the molecule is CN(Cc1csc(Br)c1)c1cccc(F)c1CCN. The van der Waals surface area contributed by atoms with Crippen LogP contribution in [0.2, 0.25) is 0 Å². The van der Waals surface area contributed by atoms with Crippen LogP contribution in [0.3, 0.4) is 0 Å². The Labute approximate surface area is 125 Å². The van der Waals surface area contributed by atoms with Crippen molar-refractivity contribution in [2.75, 3.05) is 18.5 Å². The number of rotatable bonds is 5. The summed E-state index contributed by atoms with van der Waals surface area (Å²) in [6.45, 7) is 1.20. The summed E-state index contributed by atoms with van der Waals surface area (Å²) in [6, 6.07) is 7.26. The number of benzene rings is 1. The molecule has 0 radical (unpaired) electrons. The second-order valence-electron chi connectivity index (χ2n) is 4.39. The molecule has 2 N–H and O–H groups in total. The molecule has 0 bridgehead atoms. The molecule has 1 aromatic carbocycles. The Morgan fingerprint density at radius 3 is 2.84 bits per heavy atom. The molecule has 19 heavy (non-hydrogen) atoms. The van der Waals surface area contributed by atoms with Gasteiger partial charge in [-0.25, -0.2) is 4.39 Å². The van der Waals surface area contributed by atoms with E-state index in [0.29, 0.717) is 18.5 Å². The molecule has 0 aliphatic rings. The molecule has 0 aliphatic heterocycles. The standard InChI is InChI=1S/C14H16BrFN2S/c1-18(8-10-7-14(15)19-9-10)13-4-2-3-12(16)11(13)5-6-17/h2-4,7,9H,5-6,8,17H2,1H3.